The van der Waals surface area contributed by atoms with Crippen LogP contribution >= 0.6 is 0 Å². The summed E-state index contributed by atoms with van der Waals surface area (Å²) in [4.78, 5) is 56.4. The van der Waals surface area contributed by atoms with Crippen molar-refractivity contribution in [1.82, 2.24) is 20.2 Å². The largest absolute Gasteiger partial charge is 0.481 e. The molecule has 0 unspecified atom stereocenters. The van der Waals surface area contributed by atoms with E-state index >= 15 is 0 Å². The minimum absolute atomic E-state index is 0.0353. The standard InChI is InChI=1S/C20H24N4O5/c1-12(25)21-14-7-6-13(20(28)29)10-24(11-14)18(26)9-8-17-19(27)23-16-5-3-2-4-15(16)22-17/h2-5,13-14H,6-11H2,1H3,(H,21,25)(H,23,27)(H,28,29)/t13-,14+/m0/s1. The average Bonchev–Trinajstić information content (AvgIpc) is 2.88. The van der Waals surface area contributed by atoms with Crippen LogP contribution in [-0.2, 0) is 20.8 Å². The molecule has 0 saturated carbocycles. The van der Waals surface area contributed by atoms with E-state index in [1.54, 1.807) is 18.2 Å². The Bertz CT molecular complexity index is 986. The first-order valence-electron chi connectivity index (χ1n) is 9.59. The molecule has 2 heterocycles. The molecule has 0 spiro atoms. The van der Waals surface area contributed by atoms with E-state index < -0.39 is 11.9 Å². The zero-order valence-electron chi connectivity index (χ0n) is 16.2. The van der Waals surface area contributed by atoms with Crippen molar-refractivity contribution in [1.29, 1.82) is 0 Å². The Balaban J connectivity index is 1.72. The fourth-order valence-electron chi connectivity index (χ4n) is 3.62. The maximum atomic E-state index is 12.8. The second kappa shape index (κ2) is 8.85. The first-order valence-corrected chi connectivity index (χ1v) is 9.59. The molecule has 1 aromatic heterocycles. The molecular formula is C20H24N4O5. The van der Waals surface area contributed by atoms with E-state index in [1.165, 1.54) is 11.8 Å². The molecule has 1 aromatic carbocycles. The molecular weight excluding hydrogens is 376 g/mol. The van der Waals surface area contributed by atoms with Crippen LogP contribution in [0.25, 0.3) is 11.0 Å². The molecule has 2 amide bonds. The number of aryl methyl sites for hydroxylation is 1. The van der Waals surface area contributed by atoms with Crippen molar-refractivity contribution in [2.75, 3.05) is 13.1 Å². The Morgan fingerprint density at radius 3 is 2.72 bits per heavy atom. The van der Waals surface area contributed by atoms with Gasteiger partial charge in [0.15, 0.2) is 0 Å². The summed E-state index contributed by atoms with van der Waals surface area (Å²) < 4.78 is 0. The van der Waals surface area contributed by atoms with Gasteiger partial charge in [-0.3, -0.25) is 19.2 Å². The molecule has 1 aliphatic rings. The van der Waals surface area contributed by atoms with Crippen LogP contribution in [0.5, 0.6) is 0 Å². The average molecular weight is 400 g/mol. The first-order chi connectivity index (χ1) is 13.8. The number of rotatable bonds is 5. The molecule has 154 valence electrons. The van der Waals surface area contributed by atoms with Gasteiger partial charge >= 0.3 is 5.97 Å². The number of para-hydroxylation sites is 2. The number of aromatic amines is 1. The van der Waals surface area contributed by atoms with Crippen LogP contribution in [0.1, 0.15) is 31.9 Å². The summed E-state index contributed by atoms with van der Waals surface area (Å²) in [5, 5.41) is 12.2. The van der Waals surface area contributed by atoms with Gasteiger partial charge in [0, 0.05) is 38.9 Å². The van der Waals surface area contributed by atoms with Crippen LogP contribution in [0, 0.1) is 5.92 Å². The van der Waals surface area contributed by atoms with Gasteiger partial charge in [-0.1, -0.05) is 12.1 Å². The van der Waals surface area contributed by atoms with Crippen LogP contribution in [0.15, 0.2) is 29.1 Å². The fraction of sp³-hybridized carbons (Fsp3) is 0.450. The minimum atomic E-state index is -0.959. The molecule has 0 radical (unpaired) electrons. The van der Waals surface area contributed by atoms with Gasteiger partial charge in [0.05, 0.1) is 17.0 Å². The third-order valence-corrected chi connectivity index (χ3v) is 5.10. The number of H-pyrrole nitrogens is 1. The van der Waals surface area contributed by atoms with E-state index in [0.717, 1.165) is 0 Å². The SMILES string of the molecule is CC(=O)N[C@@H]1CC[C@H](C(=O)O)CN(C(=O)CCc2nc3ccccc3[nH]c2=O)C1. The third kappa shape index (κ3) is 5.18. The zero-order valence-corrected chi connectivity index (χ0v) is 16.2. The quantitative estimate of drug-likeness (QED) is 0.676. The summed E-state index contributed by atoms with van der Waals surface area (Å²) in [6.07, 6.45) is 1.06. The number of carbonyl (C=O) groups is 3. The van der Waals surface area contributed by atoms with Crippen molar-refractivity contribution in [3.05, 3.63) is 40.3 Å². The van der Waals surface area contributed by atoms with Crippen LogP contribution in [0.2, 0.25) is 0 Å². The number of nitrogens with one attached hydrogen (secondary N) is 2. The number of nitrogens with zero attached hydrogens (tertiary/aromatic N) is 2. The molecule has 3 rings (SSSR count). The highest BCUT2D eigenvalue weighted by atomic mass is 16.4. The monoisotopic (exact) mass is 400 g/mol. The van der Waals surface area contributed by atoms with Crippen molar-refractivity contribution in [2.45, 2.75) is 38.6 Å². The molecule has 0 bridgehead atoms. The van der Waals surface area contributed by atoms with Crippen molar-refractivity contribution < 1.29 is 19.5 Å². The summed E-state index contributed by atoms with van der Waals surface area (Å²) in [6.45, 7) is 1.73. The topological polar surface area (TPSA) is 132 Å². The normalized spacial score (nSPS) is 19.6. The lowest BCUT2D eigenvalue weighted by molar-refractivity contribution is -0.143. The van der Waals surface area contributed by atoms with Crippen molar-refractivity contribution in [3.8, 4) is 0 Å². The fourth-order valence-corrected chi connectivity index (χ4v) is 3.62. The summed E-state index contributed by atoms with van der Waals surface area (Å²) in [5.74, 6) is -2.12. The number of fused-ring (bicyclic) bond motifs is 1. The highest BCUT2D eigenvalue weighted by Crippen LogP contribution is 2.18. The number of hydrogen-bond acceptors (Lipinski definition) is 5. The second-order valence-electron chi connectivity index (χ2n) is 7.34. The molecule has 3 N–H and O–H groups in total. The van der Waals surface area contributed by atoms with E-state index in [0.29, 0.717) is 23.9 Å². The van der Waals surface area contributed by atoms with Crippen LogP contribution in [0.4, 0.5) is 0 Å². The minimum Gasteiger partial charge on any atom is -0.481 e. The molecule has 1 aliphatic heterocycles. The number of carbonyl (C=O) groups excluding carboxylic acids is 2. The van der Waals surface area contributed by atoms with Gasteiger partial charge < -0.3 is 20.3 Å². The molecule has 0 aliphatic carbocycles. The summed E-state index contributed by atoms with van der Waals surface area (Å²) in [6, 6.07) is 6.86. The maximum absolute atomic E-state index is 12.8. The number of hydrogen-bond donors (Lipinski definition) is 3. The lowest BCUT2D eigenvalue weighted by atomic mass is 10.0. The van der Waals surface area contributed by atoms with Crippen LogP contribution in [-0.4, -0.2) is 56.9 Å². The molecule has 2 aromatic rings. The number of aromatic nitrogens is 2. The van der Waals surface area contributed by atoms with Gasteiger partial charge in [-0.15, -0.1) is 0 Å². The van der Waals surface area contributed by atoms with Crippen LogP contribution < -0.4 is 10.9 Å². The number of carboxylic acid groups (broad SMARTS) is 1. The predicted octanol–water partition coefficient (Wildman–Crippen LogP) is 0.684. The summed E-state index contributed by atoms with van der Waals surface area (Å²) in [5.41, 5.74) is 1.19. The van der Waals surface area contributed by atoms with E-state index in [2.05, 4.69) is 15.3 Å². The number of likely N-dealkylation sites (tertiary alicyclic amines) is 1. The van der Waals surface area contributed by atoms with Gasteiger partial charge in [-0.05, 0) is 25.0 Å². The predicted molar refractivity (Wildman–Crippen MR) is 105 cm³/mol. The van der Waals surface area contributed by atoms with Crippen molar-refractivity contribution in [3.63, 3.8) is 0 Å². The lowest BCUT2D eigenvalue weighted by Crippen LogP contribution is -2.45. The molecule has 9 nitrogen and oxygen atoms in total. The summed E-state index contributed by atoms with van der Waals surface area (Å²) >= 11 is 0. The lowest BCUT2D eigenvalue weighted by Gasteiger charge is -2.25. The van der Waals surface area contributed by atoms with Gasteiger partial charge in [0.2, 0.25) is 11.8 Å². The Hall–Kier alpha value is -3.23. The second-order valence-corrected chi connectivity index (χ2v) is 7.34. The van der Waals surface area contributed by atoms with E-state index in [1.807, 2.05) is 6.07 Å². The Morgan fingerprint density at radius 1 is 1.24 bits per heavy atom. The molecule has 1 fully saturated rings. The van der Waals surface area contributed by atoms with Gasteiger partial charge in [0.25, 0.3) is 5.56 Å². The van der Waals surface area contributed by atoms with Gasteiger partial charge in [0.1, 0.15) is 5.69 Å². The number of benzene rings is 1. The van der Waals surface area contributed by atoms with E-state index in [-0.39, 0.29) is 55.0 Å². The Labute approximate surface area is 167 Å². The third-order valence-electron chi connectivity index (χ3n) is 5.10. The number of amides is 2. The molecule has 29 heavy (non-hydrogen) atoms. The van der Waals surface area contributed by atoms with Gasteiger partial charge in [-0.2, -0.15) is 0 Å². The smallest absolute Gasteiger partial charge is 0.308 e. The van der Waals surface area contributed by atoms with Gasteiger partial charge in [-0.25, -0.2) is 4.98 Å². The Kier molecular flexibility index (Phi) is 6.26. The summed E-state index contributed by atoms with van der Waals surface area (Å²) in [7, 11) is 0. The van der Waals surface area contributed by atoms with E-state index in [4.69, 9.17) is 0 Å². The van der Waals surface area contributed by atoms with Crippen molar-refractivity contribution >= 4 is 28.8 Å². The van der Waals surface area contributed by atoms with E-state index in [9.17, 15) is 24.3 Å². The number of aliphatic carboxylic acids is 1. The highest BCUT2D eigenvalue weighted by Gasteiger charge is 2.30. The molecule has 1 saturated heterocycles. The molecule has 2 atom stereocenters. The number of carboxylic acids is 1. The highest BCUT2D eigenvalue weighted by molar-refractivity contribution is 5.79. The first kappa shape index (κ1) is 20.5. The Morgan fingerprint density at radius 2 is 2.00 bits per heavy atom. The maximum Gasteiger partial charge on any atom is 0.308 e. The van der Waals surface area contributed by atoms with Crippen LogP contribution in [0.3, 0.4) is 0 Å². The van der Waals surface area contributed by atoms with Crippen molar-refractivity contribution in [2.24, 2.45) is 5.92 Å². The zero-order chi connectivity index (χ0) is 21.0. The molecule has 9 heteroatoms.